The van der Waals surface area contributed by atoms with Gasteiger partial charge in [-0.3, -0.25) is 9.63 Å². The van der Waals surface area contributed by atoms with Crippen molar-refractivity contribution in [1.29, 1.82) is 0 Å². The maximum atomic E-state index is 12.6. The van der Waals surface area contributed by atoms with Gasteiger partial charge in [0, 0.05) is 29.2 Å². The number of H-pyrrole nitrogens is 1. The van der Waals surface area contributed by atoms with Crippen molar-refractivity contribution >= 4 is 32.7 Å². The minimum Gasteiger partial charge on any atom is -0.454 e. The predicted molar refractivity (Wildman–Crippen MR) is 106 cm³/mol. The van der Waals surface area contributed by atoms with E-state index in [9.17, 15) is 18.0 Å². The van der Waals surface area contributed by atoms with E-state index in [0.717, 1.165) is 10.9 Å². The van der Waals surface area contributed by atoms with Crippen LogP contribution in [0.15, 0.2) is 53.4 Å². The van der Waals surface area contributed by atoms with Gasteiger partial charge in [0.15, 0.2) is 6.61 Å². The number of ether oxygens (including phenoxy) is 1. The molecule has 9 heteroatoms. The second-order valence-corrected chi connectivity index (χ2v) is 8.23. The van der Waals surface area contributed by atoms with E-state index in [1.165, 1.54) is 38.4 Å². The molecule has 0 bridgehead atoms. The lowest BCUT2D eigenvalue weighted by Gasteiger charge is -2.14. The summed E-state index contributed by atoms with van der Waals surface area (Å²) in [4.78, 5) is 32.6. The van der Waals surface area contributed by atoms with Gasteiger partial charge in [0.25, 0.3) is 10.0 Å². The molecule has 152 valence electrons. The molecule has 0 radical (unpaired) electrons. The van der Waals surface area contributed by atoms with Crippen LogP contribution in [-0.4, -0.2) is 50.4 Å². The number of sulfonamides is 1. The van der Waals surface area contributed by atoms with Crippen LogP contribution in [0.3, 0.4) is 0 Å². The van der Waals surface area contributed by atoms with Gasteiger partial charge < -0.3 is 9.72 Å². The first kappa shape index (κ1) is 20.7. The summed E-state index contributed by atoms with van der Waals surface area (Å²) < 4.78 is 30.2. The number of carbonyl (C=O) groups is 2. The van der Waals surface area contributed by atoms with Crippen LogP contribution in [0, 0.1) is 6.92 Å². The molecule has 0 saturated carbocycles. The fourth-order valence-electron chi connectivity index (χ4n) is 2.93. The highest BCUT2D eigenvalue weighted by molar-refractivity contribution is 7.89. The van der Waals surface area contributed by atoms with E-state index in [-0.39, 0.29) is 16.2 Å². The Bertz CT molecular complexity index is 1170. The number of aryl methyl sites for hydroxylation is 1. The lowest BCUT2D eigenvalue weighted by Crippen LogP contribution is -2.25. The van der Waals surface area contributed by atoms with Crippen LogP contribution in [0.2, 0.25) is 0 Å². The summed E-state index contributed by atoms with van der Waals surface area (Å²) >= 11 is 0. The molecule has 3 rings (SSSR count). The third kappa shape index (κ3) is 4.07. The molecular weight excluding hydrogens is 396 g/mol. The van der Waals surface area contributed by atoms with Crippen molar-refractivity contribution in [2.24, 2.45) is 0 Å². The normalized spacial score (nSPS) is 11.7. The fourth-order valence-corrected chi connectivity index (χ4v) is 3.91. The number of carbonyl (C=O) groups excluding carboxylic acids is 2. The average molecular weight is 416 g/mol. The Morgan fingerprint density at radius 1 is 1.07 bits per heavy atom. The number of ketones is 1. The first-order chi connectivity index (χ1) is 13.8. The standard InChI is InChI=1S/C20H20N2O6S/c1-13-19(16-6-4-5-7-17(16)21-13)18(23)12-28-20(24)14-8-10-15(11-9-14)29(25,26)22(2)27-3/h4-11,21H,12H2,1-3H3. The number of aromatic nitrogens is 1. The zero-order valence-electron chi connectivity index (χ0n) is 16.1. The fraction of sp³-hybridized carbons (Fsp3) is 0.200. The van der Waals surface area contributed by atoms with E-state index in [2.05, 4.69) is 4.98 Å². The zero-order chi connectivity index (χ0) is 21.2. The maximum Gasteiger partial charge on any atom is 0.338 e. The first-order valence-corrected chi connectivity index (χ1v) is 10.1. The summed E-state index contributed by atoms with van der Waals surface area (Å²) in [5.41, 5.74) is 2.14. The monoisotopic (exact) mass is 416 g/mol. The Hall–Kier alpha value is -3.01. The van der Waals surface area contributed by atoms with Crippen LogP contribution in [0.1, 0.15) is 26.4 Å². The number of benzene rings is 2. The zero-order valence-corrected chi connectivity index (χ0v) is 16.9. The van der Waals surface area contributed by atoms with Gasteiger partial charge in [-0.2, -0.15) is 0 Å². The van der Waals surface area contributed by atoms with Gasteiger partial charge in [-0.25, -0.2) is 13.2 Å². The smallest absolute Gasteiger partial charge is 0.338 e. The van der Waals surface area contributed by atoms with Crippen molar-refractivity contribution in [3.05, 3.63) is 65.4 Å². The number of hydroxylamine groups is 1. The number of nitrogens with one attached hydrogen (secondary N) is 1. The van der Waals surface area contributed by atoms with E-state index < -0.39 is 22.6 Å². The van der Waals surface area contributed by atoms with Gasteiger partial charge in [0.1, 0.15) is 0 Å². The molecule has 1 N–H and O–H groups in total. The molecule has 29 heavy (non-hydrogen) atoms. The lowest BCUT2D eigenvalue weighted by molar-refractivity contribution is -0.0258. The largest absolute Gasteiger partial charge is 0.454 e. The second-order valence-electron chi connectivity index (χ2n) is 6.29. The predicted octanol–water partition coefficient (Wildman–Crippen LogP) is 2.70. The number of aromatic amines is 1. The lowest BCUT2D eigenvalue weighted by atomic mass is 10.1. The van der Waals surface area contributed by atoms with Crippen molar-refractivity contribution in [3.63, 3.8) is 0 Å². The van der Waals surface area contributed by atoms with Gasteiger partial charge >= 0.3 is 5.97 Å². The third-order valence-corrected chi connectivity index (χ3v) is 6.18. The van der Waals surface area contributed by atoms with Crippen LogP contribution in [-0.2, 0) is 19.6 Å². The number of hydrogen-bond donors (Lipinski definition) is 1. The number of hydrogen-bond acceptors (Lipinski definition) is 6. The second kappa shape index (κ2) is 8.16. The molecule has 8 nitrogen and oxygen atoms in total. The Balaban J connectivity index is 1.71. The summed E-state index contributed by atoms with van der Waals surface area (Å²) in [5, 5.41) is 0.767. The summed E-state index contributed by atoms with van der Waals surface area (Å²) in [5.74, 6) is -1.05. The molecule has 0 atom stereocenters. The molecule has 1 heterocycles. The van der Waals surface area contributed by atoms with E-state index in [1.54, 1.807) is 6.92 Å². The summed E-state index contributed by atoms with van der Waals surface area (Å²) in [7, 11) is -1.32. The number of para-hydroxylation sites is 1. The van der Waals surface area contributed by atoms with Crippen LogP contribution in [0.5, 0.6) is 0 Å². The third-order valence-electron chi connectivity index (χ3n) is 4.49. The Morgan fingerprint density at radius 3 is 2.38 bits per heavy atom. The molecule has 0 unspecified atom stereocenters. The summed E-state index contributed by atoms with van der Waals surface area (Å²) in [6.45, 7) is 1.36. The number of Topliss-reactive ketones (excluding diaryl/α,β-unsaturated/α-hetero) is 1. The van der Waals surface area contributed by atoms with Crippen LogP contribution >= 0.6 is 0 Å². The molecule has 0 spiro atoms. The van der Waals surface area contributed by atoms with Gasteiger partial charge in [-0.15, -0.1) is 0 Å². The van der Waals surface area contributed by atoms with E-state index in [4.69, 9.17) is 9.57 Å². The molecule has 2 aromatic carbocycles. The average Bonchev–Trinajstić information content (AvgIpc) is 3.06. The minimum atomic E-state index is -3.81. The summed E-state index contributed by atoms with van der Waals surface area (Å²) in [6.07, 6.45) is 0. The molecule has 0 fully saturated rings. The first-order valence-electron chi connectivity index (χ1n) is 8.66. The molecule has 0 amide bonds. The number of esters is 1. The highest BCUT2D eigenvalue weighted by Crippen LogP contribution is 2.22. The van der Waals surface area contributed by atoms with Crippen LogP contribution in [0.25, 0.3) is 10.9 Å². The highest BCUT2D eigenvalue weighted by atomic mass is 32.2. The number of nitrogens with zero attached hydrogens (tertiary/aromatic N) is 1. The highest BCUT2D eigenvalue weighted by Gasteiger charge is 2.22. The van der Waals surface area contributed by atoms with Crippen molar-refractivity contribution in [2.45, 2.75) is 11.8 Å². The SMILES string of the molecule is CON(C)S(=O)(=O)c1ccc(C(=O)OCC(=O)c2c(C)[nH]c3ccccc23)cc1. The van der Waals surface area contributed by atoms with Crippen molar-refractivity contribution in [2.75, 3.05) is 20.8 Å². The Morgan fingerprint density at radius 2 is 1.72 bits per heavy atom. The maximum absolute atomic E-state index is 12.6. The van der Waals surface area contributed by atoms with Crippen molar-refractivity contribution < 1.29 is 27.6 Å². The van der Waals surface area contributed by atoms with E-state index >= 15 is 0 Å². The van der Waals surface area contributed by atoms with Crippen LogP contribution < -0.4 is 0 Å². The summed E-state index contributed by atoms with van der Waals surface area (Å²) in [6, 6.07) is 12.6. The van der Waals surface area contributed by atoms with Crippen molar-refractivity contribution in [3.8, 4) is 0 Å². The van der Waals surface area contributed by atoms with E-state index in [0.29, 0.717) is 15.7 Å². The molecule has 0 saturated heterocycles. The van der Waals surface area contributed by atoms with Gasteiger partial charge in [0.2, 0.25) is 5.78 Å². The van der Waals surface area contributed by atoms with Gasteiger partial charge in [-0.1, -0.05) is 22.7 Å². The quantitative estimate of drug-likeness (QED) is 0.361. The molecular formula is C20H20N2O6S. The molecule has 0 aliphatic heterocycles. The Labute approximate surface area is 168 Å². The van der Waals surface area contributed by atoms with Gasteiger partial charge in [0.05, 0.1) is 17.6 Å². The number of rotatable bonds is 7. The minimum absolute atomic E-state index is 0.0381. The molecule has 0 aliphatic rings. The van der Waals surface area contributed by atoms with E-state index in [1.807, 2.05) is 24.3 Å². The molecule has 0 aliphatic carbocycles. The molecule has 1 aromatic heterocycles. The van der Waals surface area contributed by atoms with Crippen LogP contribution in [0.4, 0.5) is 0 Å². The number of fused-ring (bicyclic) bond motifs is 1. The topological polar surface area (TPSA) is 106 Å². The van der Waals surface area contributed by atoms with Crippen molar-refractivity contribution in [1.82, 2.24) is 9.45 Å². The Kier molecular flexibility index (Phi) is 5.83. The molecule has 3 aromatic rings. The van der Waals surface area contributed by atoms with Gasteiger partial charge in [-0.05, 0) is 37.3 Å².